The summed E-state index contributed by atoms with van der Waals surface area (Å²) in [4.78, 5) is 2.45. The quantitative estimate of drug-likeness (QED) is 0.653. The van der Waals surface area contributed by atoms with E-state index in [0.29, 0.717) is 17.4 Å². The van der Waals surface area contributed by atoms with Gasteiger partial charge >= 0.3 is 0 Å². The number of halogens is 1. The van der Waals surface area contributed by atoms with Crippen LogP contribution in [0.4, 0.5) is 0 Å². The van der Waals surface area contributed by atoms with Gasteiger partial charge in [0, 0.05) is 36.3 Å². The van der Waals surface area contributed by atoms with Crippen LogP contribution in [-0.4, -0.2) is 58.0 Å². The van der Waals surface area contributed by atoms with E-state index < -0.39 is 0 Å². The minimum Gasteiger partial charge on any atom is -0.493 e. The highest BCUT2D eigenvalue weighted by Gasteiger charge is 2.13. The average Bonchev–Trinajstić information content (AvgIpc) is 2.61. The summed E-state index contributed by atoms with van der Waals surface area (Å²) in [6.07, 6.45) is 2.07. The SMILES string of the molecule is CCCOc1c(CNCCCN2CCOCC2)cc(Cl)cc1OC. The Kier molecular flexibility index (Phi) is 8.67. The zero-order valence-corrected chi connectivity index (χ0v) is 15.5. The molecule has 136 valence electrons. The van der Waals surface area contributed by atoms with Gasteiger partial charge in [0.2, 0.25) is 0 Å². The molecular weight excluding hydrogens is 328 g/mol. The number of methoxy groups -OCH3 is 1. The van der Waals surface area contributed by atoms with Crippen molar-refractivity contribution in [2.75, 3.05) is 53.1 Å². The molecule has 1 fully saturated rings. The first-order valence-corrected chi connectivity index (χ1v) is 9.12. The normalized spacial score (nSPS) is 15.5. The predicted molar refractivity (Wildman–Crippen MR) is 97.4 cm³/mol. The molecule has 24 heavy (non-hydrogen) atoms. The van der Waals surface area contributed by atoms with Crippen molar-refractivity contribution in [1.82, 2.24) is 10.2 Å². The molecule has 0 spiro atoms. The van der Waals surface area contributed by atoms with Crippen molar-refractivity contribution in [1.29, 1.82) is 0 Å². The minimum absolute atomic E-state index is 0.667. The van der Waals surface area contributed by atoms with Crippen molar-refractivity contribution >= 4 is 11.6 Å². The molecule has 0 aliphatic carbocycles. The van der Waals surface area contributed by atoms with E-state index in [1.807, 2.05) is 6.07 Å². The second-order valence-corrected chi connectivity index (χ2v) is 6.37. The molecule has 0 aromatic heterocycles. The predicted octanol–water partition coefficient (Wildman–Crippen LogP) is 2.95. The van der Waals surface area contributed by atoms with Gasteiger partial charge in [-0.1, -0.05) is 18.5 Å². The topological polar surface area (TPSA) is 43.0 Å². The summed E-state index contributed by atoms with van der Waals surface area (Å²) in [6.45, 7) is 9.34. The molecule has 6 heteroatoms. The van der Waals surface area contributed by atoms with Crippen molar-refractivity contribution in [3.63, 3.8) is 0 Å². The van der Waals surface area contributed by atoms with E-state index in [1.165, 1.54) is 0 Å². The van der Waals surface area contributed by atoms with Crippen LogP contribution in [0.2, 0.25) is 5.02 Å². The van der Waals surface area contributed by atoms with Gasteiger partial charge in [-0.3, -0.25) is 4.90 Å². The molecule has 0 saturated carbocycles. The lowest BCUT2D eigenvalue weighted by molar-refractivity contribution is 0.0374. The summed E-state index contributed by atoms with van der Waals surface area (Å²) in [6, 6.07) is 3.75. The summed E-state index contributed by atoms with van der Waals surface area (Å²) < 4.78 is 16.7. The summed E-state index contributed by atoms with van der Waals surface area (Å²) >= 11 is 6.19. The highest BCUT2D eigenvalue weighted by atomic mass is 35.5. The molecule has 1 aliphatic rings. The van der Waals surface area contributed by atoms with E-state index in [2.05, 4.69) is 17.1 Å². The van der Waals surface area contributed by atoms with Gasteiger partial charge < -0.3 is 19.5 Å². The van der Waals surface area contributed by atoms with Crippen LogP contribution in [0.3, 0.4) is 0 Å². The number of nitrogens with one attached hydrogen (secondary N) is 1. The van der Waals surface area contributed by atoms with E-state index in [1.54, 1.807) is 13.2 Å². The fourth-order valence-electron chi connectivity index (χ4n) is 2.75. The van der Waals surface area contributed by atoms with E-state index >= 15 is 0 Å². The summed E-state index contributed by atoms with van der Waals surface area (Å²) in [5, 5.41) is 4.15. The number of hydrogen-bond donors (Lipinski definition) is 1. The lowest BCUT2D eigenvalue weighted by atomic mass is 10.1. The van der Waals surface area contributed by atoms with Crippen LogP contribution in [0.1, 0.15) is 25.3 Å². The van der Waals surface area contributed by atoms with E-state index in [4.69, 9.17) is 25.8 Å². The largest absolute Gasteiger partial charge is 0.493 e. The van der Waals surface area contributed by atoms with Crippen molar-refractivity contribution in [3.8, 4) is 11.5 Å². The van der Waals surface area contributed by atoms with E-state index in [-0.39, 0.29) is 0 Å². The number of morpholine rings is 1. The third kappa shape index (κ3) is 6.13. The monoisotopic (exact) mass is 356 g/mol. The Morgan fingerprint density at radius 3 is 2.79 bits per heavy atom. The van der Waals surface area contributed by atoms with Crippen molar-refractivity contribution in [2.45, 2.75) is 26.3 Å². The lowest BCUT2D eigenvalue weighted by Crippen LogP contribution is -2.37. The first-order valence-electron chi connectivity index (χ1n) is 8.74. The first kappa shape index (κ1) is 19.3. The Hall–Kier alpha value is -1.01. The number of rotatable bonds is 10. The maximum Gasteiger partial charge on any atom is 0.165 e. The summed E-state index contributed by atoms with van der Waals surface area (Å²) in [7, 11) is 1.64. The van der Waals surface area contributed by atoms with Gasteiger partial charge in [0.15, 0.2) is 11.5 Å². The molecule has 0 radical (unpaired) electrons. The molecule has 1 heterocycles. The molecule has 0 bridgehead atoms. The maximum atomic E-state index is 6.19. The Bertz CT molecular complexity index is 493. The first-order chi connectivity index (χ1) is 11.7. The van der Waals surface area contributed by atoms with Gasteiger partial charge in [-0.2, -0.15) is 0 Å². The molecule has 1 aliphatic heterocycles. The van der Waals surface area contributed by atoms with Crippen molar-refractivity contribution in [2.24, 2.45) is 0 Å². The Balaban J connectivity index is 1.82. The van der Waals surface area contributed by atoms with Gasteiger partial charge in [-0.05, 0) is 32.0 Å². The molecule has 1 saturated heterocycles. The molecule has 0 amide bonds. The van der Waals surface area contributed by atoms with Crippen LogP contribution in [0, 0.1) is 0 Å². The van der Waals surface area contributed by atoms with Gasteiger partial charge in [0.1, 0.15) is 0 Å². The van der Waals surface area contributed by atoms with Gasteiger partial charge in [-0.25, -0.2) is 0 Å². The highest BCUT2D eigenvalue weighted by Crippen LogP contribution is 2.34. The third-order valence-corrected chi connectivity index (χ3v) is 4.23. The second-order valence-electron chi connectivity index (χ2n) is 5.93. The van der Waals surface area contributed by atoms with Crippen molar-refractivity contribution < 1.29 is 14.2 Å². The smallest absolute Gasteiger partial charge is 0.165 e. The summed E-state index contributed by atoms with van der Waals surface area (Å²) in [5.74, 6) is 1.49. The molecule has 0 unspecified atom stereocenters. The fourth-order valence-corrected chi connectivity index (χ4v) is 2.98. The van der Waals surface area contributed by atoms with E-state index in [0.717, 1.165) is 70.1 Å². The van der Waals surface area contributed by atoms with Gasteiger partial charge in [0.25, 0.3) is 0 Å². The number of hydrogen-bond acceptors (Lipinski definition) is 5. The zero-order chi connectivity index (χ0) is 17.2. The van der Waals surface area contributed by atoms with Crippen LogP contribution in [0.25, 0.3) is 0 Å². The fraction of sp³-hybridized carbons (Fsp3) is 0.667. The standard InChI is InChI=1S/C18H29ClN2O3/c1-3-9-24-18-15(12-16(19)13-17(18)22-2)14-20-5-4-6-21-7-10-23-11-8-21/h12-13,20H,3-11,14H2,1-2H3. The molecule has 0 atom stereocenters. The number of ether oxygens (including phenoxy) is 3. The van der Waals surface area contributed by atoms with E-state index in [9.17, 15) is 0 Å². The number of benzene rings is 1. The summed E-state index contributed by atoms with van der Waals surface area (Å²) in [5.41, 5.74) is 1.04. The third-order valence-electron chi connectivity index (χ3n) is 4.01. The molecule has 2 rings (SSSR count). The van der Waals surface area contributed by atoms with Crippen LogP contribution in [0.5, 0.6) is 11.5 Å². The molecule has 1 N–H and O–H groups in total. The van der Waals surface area contributed by atoms with Crippen LogP contribution in [-0.2, 0) is 11.3 Å². The zero-order valence-electron chi connectivity index (χ0n) is 14.8. The van der Waals surface area contributed by atoms with Crippen LogP contribution < -0.4 is 14.8 Å². The van der Waals surface area contributed by atoms with Gasteiger partial charge in [0.05, 0.1) is 26.9 Å². The van der Waals surface area contributed by atoms with Crippen LogP contribution in [0.15, 0.2) is 12.1 Å². The Labute approximate surface area is 150 Å². The van der Waals surface area contributed by atoms with Crippen molar-refractivity contribution in [3.05, 3.63) is 22.7 Å². The molecule has 1 aromatic carbocycles. The highest BCUT2D eigenvalue weighted by molar-refractivity contribution is 6.30. The second kappa shape index (κ2) is 10.8. The minimum atomic E-state index is 0.667. The maximum absolute atomic E-state index is 6.19. The Morgan fingerprint density at radius 1 is 1.29 bits per heavy atom. The molecule has 1 aromatic rings. The van der Waals surface area contributed by atoms with Crippen LogP contribution >= 0.6 is 11.6 Å². The average molecular weight is 357 g/mol. The van der Waals surface area contributed by atoms with Gasteiger partial charge in [-0.15, -0.1) is 0 Å². The molecular formula is C18H29ClN2O3. The lowest BCUT2D eigenvalue weighted by Gasteiger charge is -2.26. The molecule has 5 nitrogen and oxygen atoms in total. The Morgan fingerprint density at radius 2 is 2.08 bits per heavy atom. The number of nitrogens with zero attached hydrogens (tertiary/aromatic N) is 1.